The lowest BCUT2D eigenvalue weighted by Gasteiger charge is -2.17. The van der Waals surface area contributed by atoms with Crippen molar-refractivity contribution in [1.29, 1.82) is 0 Å². The van der Waals surface area contributed by atoms with Gasteiger partial charge in [0.05, 0.1) is 0 Å². The Morgan fingerprint density at radius 3 is 2.54 bits per heavy atom. The molecule has 2 aromatic rings. The molecule has 140 valence electrons. The molecular formula is C18H23N3O4S. The summed E-state index contributed by atoms with van der Waals surface area (Å²) in [6, 6.07) is 7.02. The molecule has 0 aliphatic rings. The second-order valence-electron chi connectivity index (χ2n) is 6.52. The second-order valence-corrected chi connectivity index (χ2v) is 7.50. The van der Waals surface area contributed by atoms with Gasteiger partial charge in [0.2, 0.25) is 5.13 Å². The number of benzene rings is 1. The van der Waals surface area contributed by atoms with Crippen LogP contribution in [0, 0.1) is 0 Å². The number of amides is 1. The third kappa shape index (κ3) is 5.80. The summed E-state index contributed by atoms with van der Waals surface area (Å²) in [4.78, 5) is 22.6. The minimum absolute atomic E-state index is 0.0699. The van der Waals surface area contributed by atoms with Gasteiger partial charge in [0, 0.05) is 11.8 Å². The number of carboxylic acids is 1. The molecule has 0 fully saturated rings. The number of carbonyl (C=O) groups excluding carboxylic acids is 1. The van der Waals surface area contributed by atoms with Gasteiger partial charge in [-0.3, -0.25) is 14.9 Å². The number of aliphatic carboxylic acids is 1. The van der Waals surface area contributed by atoms with Gasteiger partial charge >= 0.3 is 5.97 Å². The highest BCUT2D eigenvalue weighted by molar-refractivity contribution is 7.15. The van der Waals surface area contributed by atoms with Gasteiger partial charge in [0.15, 0.2) is 6.61 Å². The summed E-state index contributed by atoms with van der Waals surface area (Å²) in [5, 5.41) is 20.9. The molecule has 1 amide bonds. The monoisotopic (exact) mass is 377 g/mol. The largest absolute Gasteiger partial charge is 0.484 e. The molecule has 26 heavy (non-hydrogen) atoms. The van der Waals surface area contributed by atoms with E-state index in [9.17, 15) is 9.59 Å². The highest BCUT2D eigenvalue weighted by Crippen LogP contribution is 2.30. The first-order valence-corrected chi connectivity index (χ1v) is 9.19. The molecule has 2 rings (SSSR count). The van der Waals surface area contributed by atoms with Gasteiger partial charge in [-0.25, -0.2) is 0 Å². The van der Waals surface area contributed by atoms with Crippen LogP contribution in [0.25, 0.3) is 0 Å². The summed E-state index contributed by atoms with van der Waals surface area (Å²) >= 11 is 1.37. The molecule has 0 saturated carbocycles. The van der Waals surface area contributed by atoms with Gasteiger partial charge in [-0.2, -0.15) is 0 Å². The molecule has 1 heterocycles. The lowest BCUT2D eigenvalue weighted by molar-refractivity contribution is -0.137. The Hall–Kier alpha value is -2.48. The Morgan fingerprint density at radius 2 is 1.92 bits per heavy atom. The average Bonchev–Trinajstić information content (AvgIpc) is 3.08. The molecule has 0 radical (unpaired) electrons. The molecule has 0 aliphatic heterocycles. The number of hydrogen-bond donors (Lipinski definition) is 2. The Balaban J connectivity index is 1.82. The van der Waals surface area contributed by atoms with Crippen molar-refractivity contribution in [2.24, 2.45) is 0 Å². The lowest BCUT2D eigenvalue weighted by atomic mass is 9.91. The van der Waals surface area contributed by atoms with E-state index < -0.39 is 5.97 Å². The third-order valence-corrected chi connectivity index (χ3v) is 5.26. The Labute approximate surface area is 156 Å². The number of rotatable bonds is 9. The maximum absolute atomic E-state index is 12.0. The molecular weight excluding hydrogens is 354 g/mol. The average molecular weight is 377 g/mol. The molecule has 2 N–H and O–H groups in total. The molecule has 0 spiro atoms. The molecule has 0 aliphatic carbocycles. The van der Waals surface area contributed by atoms with Crippen molar-refractivity contribution < 1.29 is 19.4 Å². The number of aryl methyl sites for hydroxylation is 1. The van der Waals surface area contributed by atoms with Crippen LogP contribution in [0.2, 0.25) is 0 Å². The van der Waals surface area contributed by atoms with Gasteiger partial charge in [-0.1, -0.05) is 44.2 Å². The van der Waals surface area contributed by atoms with Crippen LogP contribution in [0.5, 0.6) is 5.75 Å². The topological polar surface area (TPSA) is 101 Å². The summed E-state index contributed by atoms with van der Waals surface area (Å²) in [6.07, 6.45) is 1.48. The van der Waals surface area contributed by atoms with Crippen molar-refractivity contribution in [2.45, 2.75) is 45.4 Å². The van der Waals surface area contributed by atoms with Crippen LogP contribution in [0.4, 0.5) is 5.13 Å². The highest BCUT2D eigenvalue weighted by atomic mass is 32.1. The molecule has 7 nitrogen and oxygen atoms in total. The van der Waals surface area contributed by atoms with E-state index in [1.807, 2.05) is 0 Å². The smallest absolute Gasteiger partial charge is 0.303 e. The second kappa shape index (κ2) is 8.75. The number of hydrogen-bond acceptors (Lipinski definition) is 6. The fraction of sp³-hybridized carbons (Fsp3) is 0.444. The molecule has 8 heteroatoms. The summed E-state index contributed by atoms with van der Waals surface area (Å²) in [5.74, 6) is -0.592. The zero-order chi connectivity index (χ0) is 19.2. The fourth-order valence-corrected chi connectivity index (χ4v) is 2.94. The maximum Gasteiger partial charge on any atom is 0.303 e. The van der Waals surface area contributed by atoms with Crippen molar-refractivity contribution in [1.82, 2.24) is 10.2 Å². The van der Waals surface area contributed by atoms with Gasteiger partial charge in [-0.05, 0) is 30.5 Å². The number of carboxylic acid groups (broad SMARTS) is 1. The van der Waals surface area contributed by atoms with Gasteiger partial charge in [0.1, 0.15) is 10.8 Å². The third-order valence-electron chi connectivity index (χ3n) is 4.06. The van der Waals surface area contributed by atoms with Crippen molar-refractivity contribution in [3.8, 4) is 5.75 Å². The van der Waals surface area contributed by atoms with Crippen molar-refractivity contribution in [3.05, 3.63) is 34.8 Å². The maximum atomic E-state index is 12.0. The van der Waals surface area contributed by atoms with Crippen LogP contribution < -0.4 is 10.1 Å². The number of nitrogens with one attached hydrogen (secondary N) is 1. The zero-order valence-corrected chi connectivity index (χ0v) is 15.9. The van der Waals surface area contributed by atoms with Crippen LogP contribution >= 0.6 is 11.3 Å². The van der Waals surface area contributed by atoms with E-state index in [4.69, 9.17) is 9.84 Å². The van der Waals surface area contributed by atoms with E-state index in [2.05, 4.69) is 36.3 Å². The van der Waals surface area contributed by atoms with Gasteiger partial charge in [0.25, 0.3) is 5.91 Å². The van der Waals surface area contributed by atoms with E-state index in [1.54, 1.807) is 24.3 Å². The number of nitrogens with zero attached hydrogens (tertiary/aromatic N) is 2. The summed E-state index contributed by atoms with van der Waals surface area (Å²) in [5.41, 5.74) is 0.837. The van der Waals surface area contributed by atoms with Crippen molar-refractivity contribution in [2.75, 3.05) is 11.9 Å². The Morgan fingerprint density at radius 1 is 1.23 bits per heavy atom. The van der Waals surface area contributed by atoms with Crippen LogP contribution in [-0.4, -0.2) is 33.8 Å². The molecule has 1 aromatic carbocycles. The number of carbonyl (C=O) groups is 2. The lowest BCUT2D eigenvalue weighted by Crippen LogP contribution is -2.20. The van der Waals surface area contributed by atoms with Crippen LogP contribution in [0.3, 0.4) is 0 Å². The van der Waals surface area contributed by atoms with E-state index in [0.717, 1.165) is 17.0 Å². The Kier molecular flexibility index (Phi) is 6.68. The molecule has 1 aromatic heterocycles. The molecule has 0 bridgehead atoms. The van der Waals surface area contributed by atoms with Crippen molar-refractivity contribution >= 4 is 28.3 Å². The Bertz CT molecular complexity index is 756. The molecule has 0 unspecified atom stereocenters. The summed E-state index contributed by atoms with van der Waals surface area (Å²) < 4.78 is 5.44. The number of anilines is 1. The van der Waals surface area contributed by atoms with E-state index in [1.165, 1.54) is 11.3 Å². The molecule has 0 saturated heterocycles. The van der Waals surface area contributed by atoms with E-state index >= 15 is 0 Å². The van der Waals surface area contributed by atoms with Crippen LogP contribution in [0.15, 0.2) is 24.3 Å². The normalized spacial score (nSPS) is 11.2. The minimum atomic E-state index is -0.829. The zero-order valence-electron chi connectivity index (χ0n) is 15.1. The summed E-state index contributed by atoms with van der Waals surface area (Å²) in [7, 11) is 0. The fourth-order valence-electron chi connectivity index (χ4n) is 2.01. The first-order valence-electron chi connectivity index (χ1n) is 8.37. The first-order chi connectivity index (χ1) is 12.3. The predicted octanol–water partition coefficient (Wildman–Crippen LogP) is 3.26. The molecule has 0 atom stereocenters. The van der Waals surface area contributed by atoms with Gasteiger partial charge < -0.3 is 9.84 Å². The number of aromatic nitrogens is 2. The van der Waals surface area contributed by atoms with Crippen molar-refractivity contribution in [3.63, 3.8) is 0 Å². The predicted molar refractivity (Wildman–Crippen MR) is 99.7 cm³/mol. The van der Waals surface area contributed by atoms with Gasteiger partial charge in [-0.15, -0.1) is 10.2 Å². The number of ether oxygens (including phenoxy) is 1. The minimum Gasteiger partial charge on any atom is -0.484 e. The quantitative estimate of drug-likeness (QED) is 0.695. The SMILES string of the molecule is CCC(C)(C)c1nnc(NC(=O)COc2ccc(CCC(=O)O)cc2)s1. The first kappa shape index (κ1) is 19.8. The van der Waals surface area contributed by atoms with E-state index in [-0.39, 0.29) is 24.3 Å². The highest BCUT2D eigenvalue weighted by Gasteiger charge is 2.23. The standard InChI is InChI=1S/C18H23N3O4S/c1-4-18(2,3)16-20-21-17(26-16)19-14(22)11-25-13-8-5-12(6-9-13)7-10-15(23)24/h5-6,8-9H,4,7,10-11H2,1-3H3,(H,23,24)(H,19,21,22). The summed E-state index contributed by atoms with van der Waals surface area (Å²) in [6.45, 7) is 6.12. The van der Waals surface area contributed by atoms with Crippen LogP contribution in [0.1, 0.15) is 44.2 Å². The van der Waals surface area contributed by atoms with Crippen LogP contribution in [-0.2, 0) is 21.4 Å². The van der Waals surface area contributed by atoms with E-state index in [0.29, 0.717) is 17.3 Å².